The van der Waals surface area contributed by atoms with Crippen molar-refractivity contribution in [2.24, 2.45) is 0 Å². The maximum absolute atomic E-state index is 12.2. The van der Waals surface area contributed by atoms with Crippen molar-refractivity contribution in [1.29, 1.82) is 0 Å². The molecule has 0 spiro atoms. The topological polar surface area (TPSA) is 62.7 Å². The van der Waals surface area contributed by atoms with Crippen molar-refractivity contribution >= 4 is 41.2 Å². The molecule has 26 heavy (non-hydrogen) atoms. The summed E-state index contributed by atoms with van der Waals surface area (Å²) in [6.45, 7) is 2.89. The van der Waals surface area contributed by atoms with Crippen molar-refractivity contribution in [1.82, 2.24) is 20.1 Å². The molecule has 5 nitrogen and oxygen atoms in total. The Labute approximate surface area is 165 Å². The third-order valence-corrected chi connectivity index (χ3v) is 5.97. The Kier molecular flexibility index (Phi) is 6.65. The van der Waals surface area contributed by atoms with Gasteiger partial charge in [-0.25, -0.2) is 0 Å². The fourth-order valence-corrected chi connectivity index (χ4v) is 4.13. The average Bonchev–Trinajstić information content (AvgIpc) is 3.27. The van der Waals surface area contributed by atoms with Gasteiger partial charge in [-0.1, -0.05) is 35.9 Å². The number of rotatable bonds is 8. The summed E-state index contributed by atoms with van der Waals surface area (Å²) in [5.74, 6) is 2.46. The van der Waals surface area contributed by atoms with Crippen LogP contribution in [0.3, 0.4) is 0 Å². The first kappa shape index (κ1) is 18.9. The third kappa shape index (κ3) is 5.06. The van der Waals surface area contributed by atoms with Gasteiger partial charge in [0, 0.05) is 18.1 Å². The lowest BCUT2D eigenvalue weighted by atomic mass is 10.2. The summed E-state index contributed by atoms with van der Waals surface area (Å²) in [6.07, 6.45) is 0. The van der Waals surface area contributed by atoms with E-state index in [1.165, 1.54) is 11.1 Å². The van der Waals surface area contributed by atoms with Crippen LogP contribution in [0.1, 0.15) is 11.1 Å². The van der Waals surface area contributed by atoms with Crippen molar-refractivity contribution in [3.05, 3.63) is 57.7 Å². The SMILES string of the molecule is Cc1ccc(CSCCNC(=O)Cn2c(-c3cccs3)n[nH]c2=S)cc1. The van der Waals surface area contributed by atoms with Gasteiger partial charge in [-0.15, -0.1) is 11.3 Å². The van der Waals surface area contributed by atoms with E-state index in [1.54, 1.807) is 15.9 Å². The summed E-state index contributed by atoms with van der Waals surface area (Å²) < 4.78 is 2.19. The predicted molar refractivity (Wildman–Crippen MR) is 111 cm³/mol. The summed E-state index contributed by atoms with van der Waals surface area (Å²) in [5.41, 5.74) is 2.57. The van der Waals surface area contributed by atoms with Gasteiger partial charge >= 0.3 is 0 Å². The van der Waals surface area contributed by atoms with E-state index >= 15 is 0 Å². The number of aromatic nitrogens is 3. The number of hydrogen-bond acceptors (Lipinski definition) is 5. The zero-order valence-corrected chi connectivity index (χ0v) is 16.8. The molecule has 0 saturated heterocycles. The zero-order valence-electron chi connectivity index (χ0n) is 14.4. The molecule has 2 N–H and O–H groups in total. The Morgan fingerprint density at radius 2 is 2.15 bits per heavy atom. The van der Waals surface area contributed by atoms with Crippen molar-refractivity contribution < 1.29 is 4.79 Å². The zero-order chi connectivity index (χ0) is 18.4. The minimum absolute atomic E-state index is 0.0590. The lowest BCUT2D eigenvalue weighted by molar-refractivity contribution is -0.121. The van der Waals surface area contributed by atoms with Gasteiger partial charge in [-0.3, -0.25) is 14.5 Å². The van der Waals surface area contributed by atoms with Crippen molar-refractivity contribution in [3.8, 4) is 10.7 Å². The number of nitrogens with one attached hydrogen (secondary N) is 2. The number of carbonyl (C=O) groups excluding carboxylic acids is 1. The van der Waals surface area contributed by atoms with Crippen LogP contribution in [0.2, 0.25) is 0 Å². The van der Waals surface area contributed by atoms with E-state index in [-0.39, 0.29) is 12.5 Å². The van der Waals surface area contributed by atoms with Crippen LogP contribution in [-0.2, 0) is 17.1 Å². The van der Waals surface area contributed by atoms with Crippen molar-refractivity contribution in [2.75, 3.05) is 12.3 Å². The lowest BCUT2D eigenvalue weighted by Crippen LogP contribution is -2.29. The van der Waals surface area contributed by atoms with Gasteiger partial charge in [-0.05, 0) is 36.2 Å². The van der Waals surface area contributed by atoms with Crippen LogP contribution in [-0.4, -0.2) is 33.0 Å². The van der Waals surface area contributed by atoms with Crippen LogP contribution in [0, 0.1) is 11.7 Å². The minimum atomic E-state index is -0.0590. The molecule has 1 aromatic carbocycles. The molecule has 3 rings (SSSR count). The Morgan fingerprint density at radius 1 is 1.35 bits per heavy atom. The van der Waals surface area contributed by atoms with Gasteiger partial charge in [0.2, 0.25) is 5.91 Å². The summed E-state index contributed by atoms with van der Waals surface area (Å²) in [5, 5.41) is 11.9. The molecule has 0 aliphatic rings. The lowest BCUT2D eigenvalue weighted by Gasteiger charge is -2.08. The smallest absolute Gasteiger partial charge is 0.240 e. The van der Waals surface area contributed by atoms with E-state index in [0.717, 1.165) is 16.4 Å². The molecule has 136 valence electrons. The number of aryl methyl sites for hydroxylation is 1. The number of nitrogens with zero attached hydrogens (tertiary/aromatic N) is 2. The van der Waals surface area contributed by atoms with E-state index in [4.69, 9.17) is 12.2 Å². The Balaban J connectivity index is 1.44. The van der Waals surface area contributed by atoms with E-state index in [2.05, 4.69) is 46.7 Å². The number of thiophene rings is 1. The van der Waals surface area contributed by atoms with E-state index in [0.29, 0.717) is 17.1 Å². The van der Waals surface area contributed by atoms with Gasteiger partial charge < -0.3 is 5.32 Å². The second-order valence-electron chi connectivity index (χ2n) is 5.80. The normalized spacial score (nSPS) is 10.8. The van der Waals surface area contributed by atoms with Crippen LogP contribution < -0.4 is 5.32 Å². The standard InChI is InChI=1S/C18H20N4OS3/c1-13-4-6-14(7-5-13)12-25-10-8-19-16(23)11-22-17(20-21-18(22)24)15-3-2-9-26-15/h2-7,9H,8,10-12H2,1H3,(H,19,23)(H,21,24). The highest BCUT2D eigenvalue weighted by molar-refractivity contribution is 7.98. The number of amides is 1. The van der Waals surface area contributed by atoms with Crippen LogP contribution in [0.5, 0.6) is 0 Å². The summed E-state index contributed by atoms with van der Waals surface area (Å²) in [6, 6.07) is 12.5. The predicted octanol–water partition coefficient (Wildman–Crippen LogP) is 4.03. The molecule has 2 aromatic heterocycles. The molecule has 8 heteroatoms. The van der Waals surface area contributed by atoms with Gasteiger partial charge in [0.05, 0.1) is 4.88 Å². The molecule has 0 bridgehead atoms. The maximum atomic E-state index is 12.2. The largest absolute Gasteiger partial charge is 0.354 e. The Bertz CT molecular complexity index is 897. The van der Waals surface area contributed by atoms with Gasteiger partial charge in [0.1, 0.15) is 6.54 Å². The monoisotopic (exact) mass is 404 g/mol. The van der Waals surface area contributed by atoms with Crippen molar-refractivity contribution in [2.45, 2.75) is 19.2 Å². The molecule has 0 saturated carbocycles. The molecular formula is C18H20N4OS3. The molecule has 0 radical (unpaired) electrons. The minimum Gasteiger partial charge on any atom is -0.354 e. The molecule has 0 unspecified atom stereocenters. The molecule has 0 aliphatic heterocycles. The molecule has 0 aliphatic carbocycles. The number of benzene rings is 1. The first-order valence-corrected chi connectivity index (χ1v) is 10.7. The number of thioether (sulfide) groups is 1. The van der Waals surface area contributed by atoms with E-state index < -0.39 is 0 Å². The second kappa shape index (κ2) is 9.16. The van der Waals surface area contributed by atoms with Gasteiger partial charge in [0.25, 0.3) is 0 Å². The summed E-state index contributed by atoms with van der Waals surface area (Å²) >= 11 is 8.62. The number of hydrogen-bond donors (Lipinski definition) is 2. The fourth-order valence-electron chi connectivity index (χ4n) is 2.39. The first-order valence-electron chi connectivity index (χ1n) is 8.22. The molecule has 1 amide bonds. The van der Waals surface area contributed by atoms with Gasteiger partial charge in [0.15, 0.2) is 10.6 Å². The highest BCUT2D eigenvalue weighted by atomic mass is 32.2. The number of carbonyl (C=O) groups is 1. The van der Waals surface area contributed by atoms with Crippen LogP contribution in [0.4, 0.5) is 0 Å². The summed E-state index contributed by atoms with van der Waals surface area (Å²) in [4.78, 5) is 13.2. The number of H-pyrrole nitrogens is 1. The second-order valence-corrected chi connectivity index (χ2v) is 8.24. The number of aromatic amines is 1. The summed E-state index contributed by atoms with van der Waals surface area (Å²) in [7, 11) is 0. The van der Waals surface area contributed by atoms with Gasteiger partial charge in [-0.2, -0.15) is 16.9 Å². The molecule has 0 atom stereocenters. The van der Waals surface area contributed by atoms with Crippen molar-refractivity contribution in [3.63, 3.8) is 0 Å². The Hall–Kier alpha value is -1.90. The molecule has 2 heterocycles. The third-order valence-electron chi connectivity index (χ3n) is 3.76. The Morgan fingerprint density at radius 3 is 2.88 bits per heavy atom. The molecular weight excluding hydrogens is 384 g/mol. The highest BCUT2D eigenvalue weighted by Gasteiger charge is 2.12. The average molecular weight is 405 g/mol. The molecule has 3 aromatic rings. The highest BCUT2D eigenvalue weighted by Crippen LogP contribution is 2.22. The molecule has 0 fully saturated rings. The fraction of sp³-hybridized carbons (Fsp3) is 0.278. The quantitative estimate of drug-likeness (QED) is 0.440. The first-order chi connectivity index (χ1) is 12.6. The van der Waals surface area contributed by atoms with E-state index in [1.807, 2.05) is 29.3 Å². The van der Waals surface area contributed by atoms with Crippen LogP contribution in [0.15, 0.2) is 41.8 Å². The maximum Gasteiger partial charge on any atom is 0.240 e. The van der Waals surface area contributed by atoms with E-state index in [9.17, 15) is 4.79 Å². The van der Waals surface area contributed by atoms with Crippen LogP contribution >= 0.6 is 35.3 Å². The van der Waals surface area contributed by atoms with Crippen LogP contribution in [0.25, 0.3) is 10.7 Å².